The van der Waals surface area contributed by atoms with E-state index in [9.17, 15) is 4.79 Å². The Labute approximate surface area is 213 Å². The van der Waals surface area contributed by atoms with Crippen LogP contribution in [0.15, 0.2) is 88.9 Å². The first kappa shape index (κ1) is 24.1. The first-order chi connectivity index (χ1) is 16.4. The summed E-state index contributed by atoms with van der Waals surface area (Å²) < 4.78 is 2.04. The summed E-state index contributed by atoms with van der Waals surface area (Å²) in [4.78, 5) is 13.7. The molecule has 1 amide bonds. The van der Waals surface area contributed by atoms with Gasteiger partial charge in [-0.1, -0.05) is 53.5 Å². The second-order valence-corrected chi connectivity index (χ2v) is 9.65. The monoisotopic (exact) mass is 507 g/mol. The molecule has 0 unspecified atom stereocenters. The van der Waals surface area contributed by atoms with Crippen molar-refractivity contribution in [2.45, 2.75) is 24.5 Å². The van der Waals surface area contributed by atoms with Gasteiger partial charge in [-0.05, 0) is 67.9 Å². The van der Waals surface area contributed by atoms with Crippen molar-refractivity contribution in [3.63, 3.8) is 0 Å². The molecule has 4 aromatic rings. The fourth-order valence-corrected chi connectivity index (χ4v) is 4.98. The lowest BCUT2D eigenvalue weighted by Gasteiger charge is -2.11. The molecule has 0 spiro atoms. The van der Waals surface area contributed by atoms with Gasteiger partial charge in [0.05, 0.1) is 16.9 Å². The average molecular weight is 508 g/mol. The minimum Gasteiger partial charge on any atom is -0.316 e. The Kier molecular flexibility index (Phi) is 7.78. The van der Waals surface area contributed by atoms with Crippen LogP contribution in [0.4, 0.5) is 0 Å². The van der Waals surface area contributed by atoms with E-state index < -0.39 is 0 Å². The molecule has 0 aliphatic carbocycles. The minimum absolute atomic E-state index is 0.256. The average Bonchev–Trinajstić information content (AvgIpc) is 3.11. The van der Waals surface area contributed by atoms with Gasteiger partial charge in [0, 0.05) is 38.2 Å². The Balaban J connectivity index is 1.39. The quantitative estimate of drug-likeness (QED) is 0.160. The number of amides is 1. The van der Waals surface area contributed by atoms with Crippen LogP contribution in [0.5, 0.6) is 0 Å². The summed E-state index contributed by atoms with van der Waals surface area (Å²) >= 11 is 14.2. The molecule has 172 valence electrons. The van der Waals surface area contributed by atoms with Crippen molar-refractivity contribution in [2.24, 2.45) is 5.10 Å². The number of hydrazone groups is 1. The summed E-state index contributed by atoms with van der Waals surface area (Å²) in [5, 5.41) is 5.32. The summed E-state index contributed by atoms with van der Waals surface area (Å²) in [6, 6.07) is 25.2. The third kappa shape index (κ3) is 5.73. The summed E-state index contributed by atoms with van der Waals surface area (Å²) in [5.74, 6) is 0.588. The number of hydrogen-bond donors (Lipinski definition) is 1. The van der Waals surface area contributed by atoms with Gasteiger partial charge in [-0.25, -0.2) is 5.43 Å². The summed E-state index contributed by atoms with van der Waals surface area (Å²) in [7, 11) is 0. The van der Waals surface area contributed by atoms with Crippen LogP contribution in [0.25, 0.3) is 5.69 Å². The smallest absolute Gasteiger partial charge is 0.271 e. The second kappa shape index (κ2) is 11.0. The molecular weight excluding hydrogens is 485 g/mol. The molecule has 1 heterocycles. The number of carbonyl (C=O) groups is 1. The lowest BCUT2D eigenvalue weighted by atomic mass is 10.1. The molecule has 0 saturated heterocycles. The summed E-state index contributed by atoms with van der Waals surface area (Å²) in [6.07, 6.45) is 1.64. The zero-order chi connectivity index (χ0) is 24.1. The molecule has 0 atom stereocenters. The standard InChI is InChI=1S/C27H23Cl2N3OS/c1-18-14-22(19(2)32(18)26-13-12-23(28)15-25(26)29)16-30-31-27(33)21-10-8-20(9-11-21)17-34-24-6-4-3-5-7-24/h3-16H,17H2,1-2H3,(H,31,33)/b30-16+. The first-order valence-corrected chi connectivity index (χ1v) is 12.4. The molecule has 0 fully saturated rings. The molecule has 34 heavy (non-hydrogen) atoms. The molecule has 4 rings (SSSR count). The van der Waals surface area contributed by atoms with E-state index in [1.807, 2.05) is 73.0 Å². The van der Waals surface area contributed by atoms with E-state index in [1.54, 1.807) is 30.1 Å². The number of hydrogen-bond acceptors (Lipinski definition) is 3. The van der Waals surface area contributed by atoms with Gasteiger partial charge >= 0.3 is 0 Å². The van der Waals surface area contributed by atoms with E-state index in [1.165, 1.54) is 4.90 Å². The van der Waals surface area contributed by atoms with Crippen molar-refractivity contribution < 1.29 is 4.79 Å². The normalized spacial score (nSPS) is 11.2. The number of aryl methyl sites for hydroxylation is 1. The Morgan fingerprint density at radius 2 is 1.74 bits per heavy atom. The highest BCUT2D eigenvalue weighted by Crippen LogP contribution is 2.28. The number of carbonyl (C=O) groups excluding carboxylic acids is 1. The number of halogens is 2. The fourth-order valence-electron chi connectivity index (χ4n) is 3.61. The lowest BCUT2D eigenvalue weighted by molar-refractivity contribution is 0.0955. The van der Waals surface area contributed by atoms with Crippen molar-refractivity contribution >= 4 is 47.1 Å². The van der Waals surface area contributed by atoms with Crippen molar-refractivity contribution in [2.75, 3.05) is 0 Å². The van der Waals surface area contributed by atoms with Crippen LogP contribution in [0.2, 0.25) is 10.0 Å². The number of nitrogens with zero attached hydrogens (tertiary/aromatic N) is 2. The molecule has 0 aliphatic rings. The maximum atomic E-state index is 12.5. The number of rotatable bonds is 7. The van der Waals surface area contributed by atoms with Crippen molar-refractivity contribution in [3.8, 4) is 5.69 Å². The van der Waals surface area contributed by atoms with Gasteiger partial charge in [0.1, 0.15) is 0 Å². The highest BCUT2D eigenvalue weighted by molar-refractivity contribution is 7.98. The third-order valence-electron chi connectivity index (χ3n) is 5.36. The van der Waals surface area contributed by atoms with Crippen molar-refractivity contribution in [1.29, 1.82) is 0 Å². The maximum Gasteiger partial charge on any atom is 0.271 e. The second-order valence-electron chi connectivity index (χ2n) is 7.76. The zero-order valence-corrected chi connectivity index (χ0v) is 21.1. The largest absolute Gasteiger partial charge is 0.316 e. The van der Waals surface area contributed by atoms with E-state index in [0.717, 1.165) is 34.0 Å². The number of nitrogens with one attached hydrogen (secondary N) is 1. The highest BCUT2D eigenvalue weighted by Gasteiger charge is 2.13. The molecule has 0 bridgehead atoms. The highest BCUT2D eigenvalue weighted by atomic mass is 35.5. The van der Waals surface area contributed by atoms with Crippen LogP contribution in [0.3, 0.4) is 0 Å². The van der Waals surface area contributed by atoms with Gasteiger partial charge in [-0.15, -0.1) is 11.8 Å². The Bertz CT molecular complexity index is 1330. The van der Waals surface area contributed by atoms with E-state index in [2.05, 4.69) is 22.7 Å². The minimum atomic E-state index is -0.256. The first-order valence-electron chi connectivity index (χ1n) is 10.7. The van der Waals surface area contributed by atoms with Gasteiger partial charge in [0.25, 0.3) is 5.91 Å². The van der Waals surface area contributed by atoms with Gasteiger partial charge in [0.2, 0.25) is 0 Å². The van der Waals surface area contributed by atoms with Crippen LogP contribution < -0.4 is 5.43 Å². The topological polar surface area (TPSA) is 46.4 Å². The molecular formula is C27H23Cl2N3OS. The third-order valence-corrected chi connectivity index (χ3v) is 6.98. The van der Waals surface area contributed by atoms with Crippen LogP contribution in [0, 0.1) is 13.8 Å². The molecule has 1 N–H and O–H groups in total. The number of aromatic nitrogens is 1. The van der Waals surface area contributed by atoms with Crippen LogP contribution in [-0.2, 0) is 5.75 Å². The molecule has 0 saturated carbocycles. The molecule has 0 aliphatic heterocycles. The van der Waals surface area contributed by atoms with Crippen molar-refractivity contribution in [3.05, 3.63) is 117 Å². The molecule has 7 heteroatoms. The van der Waals surface area contributed by atoms with E-state index in [4.69, 9.17) is 23.2 Å². The summed E-state index contributed by atoms with van der Waals surface area (Å²) in [6.45, 7) is 3.97. The van der Waals surface area contributed by atoms with E-state index in [-0.39, 0.29) is 5.91 Å². The fraction of sp³-hybridized carbons (Fsp3) is 0.111. The van der Waals surface area contributed by atoms with Gasteiger partial charge in [-0.2, -0.15) is 5.10 Å². The van der Waals surface area contributed by atoms with E-state index in [0.29, 0.717) is 15.6 Å². The zero-order valence-electron chi connectivity index (χ0n) is 18.8. The molecule has 3 aromatic carbocycles. The van der Waals surface area contributed by atoms with Crippen LogP contribution >= 0.6 is 35.0 Å². The Morgan fingerprint density at radius 1 is 1.00 bits per heavy atom. The lowest BCUT2D eigenvalue weighted by Crippen LogP contribution is -2.17. The Hall–Kier alpha value is -2.99. The van der Waals surface area contributed by atoms with Gasteiger partial charge in [0.15, 0.2) is 0 Å². The molecule has 4 nitrogen and oxygen atoms in total. The van der Waals surface area contributed by atoms with Crippen molar-refractivity contribution in [1.82, 2.24) is 9.99 Å². The molecule has 0 radical (unpaired) electrons. The number of benzene rings is 3. The maximum absolute atomic E-state index is 12.5. The SMILES string of the molecule is Cc1cc(/C=N/NC(=O)c2ccc(CSc3ccccc3)cc2)c(C)n1-c1ccc(Cl)cc1Cl. The van der Waals surface area contributed by atoms with Gasteiger partial charge in [-0.3, -0.25) is 4.79 Å². The van der Waals surface area contributed by atoms with E-state index >= 15 is 0 Å². The Morgan fingerprint density at radius 3 is 2.44 bits per heavy atom. The van der Waals surface area contributed by atoms with Gasteiger partial charge < -0.3 is 4.57 Å². The van der Waals surface area contributed by atoms with Crippen LogP contribution in [-0.4, -0.2) is 16.7 Å². The number of thioether (sulfide) groups is 1. The molecule has 1 aromatic heterocycles. The predicted octanol–water partition coefficient (Wildman–Crippen LogP) is 7.46. The summed E-state index contributed by atoms with van der Waals surface area (Å²) in [5.41, 5.74) is 8.01. The predicted molar refractivity (Wildman–Crippen MR) is 143 cm³/mol. The van der Waals surface area contributed by atoms with Crippen LogP contribution in [0.1, 0.15) is 32.9 Å².